The molecule has 0 aromatic carbocycles. The number of sulfonamides is 1. The molecule has 12 heteroatoms. The monoisotopic (exact) mass is 422 g/mol. The van der Waals surface area contributed by atoms with Gasteiger partial charge in [0.05, 0.1) is 24.9 Å². The standard InChI is InChI=1S/C16H18N6O4S2/c1-10-5-12(22-16(20-10)18-9-19-22)13-8-21(3-4-26-13)28(24,25)15-7-17-14(27-15)6-11(2)23/h5,7,9,13H,3-4,6,8H2,1-2H3/t13-/m1/s1. The lowest BCUT2D eigenvalue weighted by Gasteiger charge is -2.31. The molecule has 0 radical (unpaired) electrons. The van der Waals surface area contributed by atoms with E-state index in [2.05, 4.69) is 20.1 Å². The van der Waals surface area contributed by atoms with Crippen molar-refractivity contribution in [3.63, 3.8) is 0 Å². The van der Waals surface area contributed by atoms with Gasteiger partial charge in [0, 0.05) is 18.8 Å². The number of Topliss-reactive ketones (excluding diaryl/α,β-unsaturated/α-hetero) is 1. The molecule has 0 aliphatic carbocycles. The Kier molecular flexibility index (Phi) is 4.95. The molecule has 0 amide bonds. The molecule has 0 unspecified atom stereocenters. The van der Waals surface area contributed by atoms with Crippen LogP contribution in [0, 0.1) is 6.92 Å². The van der Waals surface area contributed by atoms with Crippen LogP contribution in [0.1, 0.15) is 29.4 Å². The Balaban J connectivity index is 1.62. The van der Waals surface area contributed by atoms with Crippen LogP contribution in [-0.4, -0.2) is 62.8 Å². The van der Waals surface area contributed by atoms with Crippen LogP contribution >= 0.6 is 11.3 Å². The summed E-state index contributed by atoms with van der Waals surface area (Å²) in [6, 6.07) is 1.82. The quantitative estimate of drug-likeness (QED) is 0.592. The minimum atomic E-state index is -3.73. The molecule has 1 saturated heterocycles. The number of carbonyl (C=O) groups is 1. The van der Waals surface area contributed by atoms with Crippen LogP contribution in [-0.2, 0) is 26.0 Å². The number of morpholine rings is 1. The topological polar surface area (TPSA) is 120 Å². The number of aryl methyl sites for hydroxylation is 1. The zero-order chi connectivity index (χ0) is 19.9. The Bertz CT molecular complexity index is 1140. The lowest BCUT2D eigenvalue weighted by Crippen LogP contribution is -2.42. The highest BCUT2D eigenvalue weighted by Crippen LogP contribution is 2.29. The third kappa shape index (κ3) is 3.55. The van der Waals surface area contributed by atoms with Crippen LogP contribution in [0.3, 0.4) is 0 Å². The number of fused-ring (bicyclic) bond motifs is 1. The number of aromatic nitrogens is 5. The van der Waals surface area contributed by atoms with Crippen molar-refractivity contribution in [1.29, 1.82) is 0 Å². The summed E-state index contributed by atoms with van der Waals surface area (Å²) in [4.78, 5) is 23.7. The predicted octanol–water partition coefficient (Wildman–Crippen LogP) is 0.783. The SMILES string of the molecule is CC(=O)Cc1ncc(S(=O)(=O)N2CCO[C@@H](c3cc(C)nc4ncnn34)C2)s1. The second-order valence-corrected chi connectivity index (χ2v) is 9.75. The van der Waals surface area contributed by atoms with Gasteiger partial charge in [-0.15, -0.1) is 11.3 Å². The molecule has 0 bridgehead atoms. The first kappa shape index (κ1) is 19.1. The van der Waals surface area contributed by atoms with Gasteiger partial charge in [-0.3, -0.25) is 4.79 Å². The lowest BCUT2D eigenvalue weighted by atomic mass is 10.2. The Hall–Kier alpha value is -2.28. The van der Waals surface area contributed by atoms with E-state index in [-0.39, 0.29) is 36.1 Å². The molecular weight excluding hydrogens is 404 g/mol. The molecule has 28 heavy (non-hydrogen) atoms. The number of carbonyl (C=O) groups excluding carboxylic acids is 1. The predicted molar refractivity (Wildman–Crippen MR) is 99.5 cm³/mol. The van der Waals surface area contributed by atoms with Crippen molar-refractivity contribution >= 4 is 32.9 Å². The van der Waals surface area contributed by atoms with Crippen LogP contribution in [0.5, 0.6) is 0 Å². The average molecular weight is 422 g/mol. The number of hydrogen-bond donors (Lipinski definition) is 0. The van der Waals surface area contributed by atoms with Crippen LogP contribution < -0.4 is 0 Å². The van der Waals surface area contributed by atoms with Crippen molar-refractivity contribution in [1.82, 2.24) is 28.9 Å². The molecule has 1 aliphatic rings. The van der Waals surface area contributed by atoms with Gasteiger partial charge < -0.3 is 4.74 Å². The largest absolute Gasteiger partial charge is 0.369 e. The van der Waals surface area contributed by atoms with Crippen molar-refractivity contribution in [2.45, 2.75) is 30.6 Å². The van der Waals surface area contributed by atoms with Crippen LogP contribution in [0.4, 0.5) is 0 Å². The van der Waals surface area contributed by atoms with E-state index in [0.29, 0.717) is 16.5 Å². The van der Waals surface area contributed by atoms with E-state index in [9.17, 15) is 13.2 Å². The third-order valence-electron chi connectivity index (χ3n) is 4.29. The van der Waals surface area contributed by atoms with Gasteiger partial charge in [-0.1, -0.05) is 0 Å². The highest BCUT2D eigenvalue weighted by atomic mass is 32.2. The molecule has 1 fully saturated rings. The van der Waals surface area contributed by atoms with Gasteiger partial charge in [0.1, 0.15) is 23.2 Å². The van der Waals surface area contributed by atoms with Gasteiger partial charge in [0.25, 0.3) is 15.8 Å². The summed E-state index contributed by atoms with van der Waals surface area (Å²) in [5.74, 6) is 0.379. The molecule has 1 aliphatic heterocycles. The minimum absolute atomic E-state index is 0.0605. The molecule has 4 rings (SSSR count). The van der Waals surface area contributed by atoms with Gasteiger partial charge in [-0.05, 0) is 19.9 Å². The second-order valence-electron chi connectivity index (χ2n) is 6.47. The summed E-state index contributed by atoms with van der Waals surface area (Å²) in [5.41, 5.74) is 1.44. The first-order chi connectivity index (χ1) is 13.3. The maximum absolute atomic E-state index is 13.1. The molecule has 3 aromatic rings. The van der Waals surface area contributed by atoms with Crippen LogP contribution in [0.2, 0.25) is 0 Å². The summed E-state index contributed by atoms with van der Waals surface area (Å²) < 4.78 is 35.0. The summed E-state index contributed by atoms with van der Waals surface area (Å²) >= 11 is 1.03. The molecule has 0 spiro atoms. The van der Waals surface area contributed by atoms with E-state index in [4.69, 9.17) is 4.74 Å². The van der Waals surface area contributed by atoms with Crippen molar-refractivity contribution in [3.05, 3.63) is 35.0 Å². The van der Waals surface area contributed by atoms with E-state index in [1.54, 1.807) is 4.52 Å². The van der Waals surface area contributed by atoms with Gasteiger partial charge >= 0.3 is 0 Å². The van der Waals surface area contributed by atoms with Crippen molar-refractivity contribution in [3.8, 4) is 0 Å². The summed E-state index contributed by atoms with van der Waals surface area (Å²) in [5, 5.41) is 4.66. The molecular formula is C16H18N6O4S2. The zero-order valence-corrected chi connectivity index (χ0v) is 16.9. The van der Waals surface area contributed by atoms with E-state index in [0.717, 1.165) is 17.0 Å². The Morgan fingerprint density at radius 2 is 2.21 bits per heavy atom. The Morgan fingerprint density at radius 1 is 1.39 bits per heavy atom. The minimum Gasteiger partial charge on any atom is -0.369 e. The van der Waals surface area contributed by atoms with Crippen molar-refractivity contribution < 1.29 is 17.9 Å². The number of nitrogens with zero attached hydrogens (tertiary/aromatic N) is 6. The van der Waals surface area contributed by atoms with Crippen LogP contribution in [0.15, 0.2) is 22.8 Å². The molecule has 10 nitrogen and oxygen atoms in total. The molecule has 1 atom stereocenters. The number of hydrogen-bond acceptors (Lipinski definition) is 9. The van der Waals surface area contributed by atoms with E-state index >= 15 is 0 Å². The number of ketones is 1. The Morgan fingerprint density at radius 3 is 3.00 bits per heavy atom. The summed E-state index contributed by atoms with van der Waals surface area (Å²) in [7, 11) is -3.73. The van der Waals surface area contributed by atoms with Gasteiger partial charge in [-0.2, -0.15) is 18.9 Å². The smallest absolute Gasteiger partial charge is 0.254 e. The maximum Gasteiger partial charge on any atom is 0.254 e. The first-order valence-corrected chi connectivity index (χ1v) is 10.8. The number of thiazole rings is 1. The second kappa shape index (κ2) is 7.28. The van der Waals surface area contributed by atoms with E-state index < -0.39 is 16.1 Å². The van der Waals surface area contributed by atoms with Gasteiger partial charge in [0.2, 0.25) is 0 Å². The maximum atomic E-state index is 13.1. The van der Waals surface area contributed by atoms with Gasteiger partial charge in [0.15, 0.2) is 4.21 Å². The summed E-state index contributed by atoms with van der Waals surface area (Å²) in [6.07, 6.45) is 2.34. The normalized spacial score (nSPS) is 18.6. The van der Waals surface area contributed by atoms with Gasteiger partial charge in [-0.25, -0.2) is 18.4 Å². The fraction of sp³-hybridized carbons (Fsp3) is 0.438. The fourth-order valence-electron chi connectivity index (χ4n) is 3.05. The first-order valence-electron chi connectivity index (χ1n) is 8.58. The zero-order valence-electron chi connectivity index (χ0n) is 15.3. The number of rotatable bonds is 5. The van der Waals surface area contributed by atoms with E-state index in [1.165, 1.54) is 23.8 Å². The highest BCUT2D eigenvalue weighted by Gasteiger charge is 2.34. The number of ether oxygens (including phenoxy) is 1. The average Bonchev–Trinajstić information content (AvgIpc) is 3.30. The lowest BCUT2D eigenvalue weighted by molar-refractivity contribution is -0.116. The van der Waals surface area contributed by atoms with E-state index in [1.807, 2.05) is 13.0 Å². The molecule has 148 valence electrons. The molecule has 3 aromatic heterocycles. The van der Waals surface area contributed by atoms with Crippen LogP contribution in [0.25, 0.3) is 5.78 Å². The molecule has 0 saturated carbocycles. The third-order valence-corrected chi connectivity index (χ3v) is 7.59. The molecule has 0 N–H and O–H groups in total. The Labute approximate surface area is 165 Å². The highest BCUT2D eigenvalue weighted by molar-refractivity contribution is 7.91. The van der Waals surface area contributed by atoms with Crippen molar-refractivity contribution in [2.75, 3.05) is 19.7 Å². The summed E-state index contributed by atoms with van der Waals surface area (Å²) in [6.45, 7) is 3.91. The fourth-order valence-corrected chi connectivity index (χ4v) is 5.88. The molecule has 4 heterocycles. The van der Waals surface area contributed by atoms with Crippen molar-refractivity contribution in [2.24, 2.45) is 0 Å².